The highest BCUT2D eigenvalue weighted by Gasteiger charge is 2.14. The Morgan fingerprint density at radius 2 is 2.10 bits per heavy atom. The summed E-state index contributed by atoms with van der Waals surface area (Å²) >= 11 is 0. The quantitative estimate of drug-likeness (QED) is 0.591. The van der Waals surface area contributed by atoms with Crippen molar-refractivity contribution < 1.29 is 23.0 Å². The first-order valence-electron chi connectivity index (χ1n) is 6.10. The Kier molecular flexibility index (Phi) is 5.91. The molecule has 0 aliphatic rings. The number of carbonyl (C=O) groups excluding carboxylic acids is 1. The third-order valence-electron chi connectivity index (χ3n) is 2.50. The van der Waals surface area contributed by atoms with Crippen LogP contribution in [0.2, 0.25) is 0 Å². The molecule has 0 atom stereocenters. The second-order valence-corrected chi connectivity index (χ2v) is 4.37. The van der Waals surface area contributed by atoms with Crippen molar-refractivity contribution in [2.75, 3.05) is 0 Å². The lowest BCUT2D eigenvalue weighted by atomic mass is 10.0. The molecule has 1 aromatic rings. The molecule has 0 N–H and O–H groups in total. The van der Waals surface area contributed by atoms with E-state index in [1.807, 2.05) is 19.9 Å². The van der Waals surface area contributed by atoms with E-state index in [4.69, 9.17) is 10.00 Å². The number of carbonyl (C=O) groups is 1. The maximum absolute atomic E-state index is 12.2. The van der Waals surface area contributed by atoms with E-state index in [1.165, 1.54) is 12.1 Å². The van der Waals surface area contributed by atoms with Crippen LogP contribution in [0.4, 0.5) is 8.78 Å². The van der Waals surface area contributed by atoms with Gasteiger partial charge in [-0.25, -0.2) is 0 Å². The van der Waals surface area contributed by atoms with E-state index in [2.05, 4.69) is 4.74 Å². The fourth-order valence-electron chi connectivity index (χ4n) is 1.59. The van der Waals surface area contributed by atoms with Gasteiger partial charge in [0.15, 0.2) is 0 Å². The fourth-order valence-corrected chi connectivity index (χ4v) is 1.59. The van der Waals surface area contributed by atoms with Gasteiger partial charge < -0.3 is 9.47 Å². The highest BCUT2D eigenvalue weighted by atomic mass is 19.3. The SMILES string of the molecule is CC(C)c1ccc(OC(F)F)cc1OC(=O)CCC#N. The molecule has 0 saturated carbocycles. The van der Waals surface area contributed by atoms with Gasteiger partial charge in [0, 0.05) is 12.5 Å². The molecule has 0 saturated heterocycles. The minimum absolute atomic E-state index is 0.0447. The van der Waals surface area contributed by atoms with E-state index in [-0.39, 0.29) is 30.3 Å². The van der Waals surface area contributed by atoms with Crippen molar-refractivity contribution in [3.8, 4) is 17.6 Å². The molecular formula is C14H15F2NO3. The Morgan fingerprint density at radius 3 is 2.65 bits per heavy atom. The van der Waals surface area contributed by atoms with E-state index in [0.29, 0.717) is 5.56 Å². The summed E-state index contributed by atoms with van der Waals surface area (Å²) in [4.78, 5) is 11.5. The van der Waals surface area contributed by atoms with Gasteiger partial charge in [0.25, 0.3) is 0 Å². The molecule has 0 bridgehead atoms. The number of benzene rings is 1. The molecule has 0 aliphatic carbocycles. The summed E-state index contributed by atoms with van der Waals surface area (Å²) < 4.78 is 33.7. The maximum Gasteiger partial charge on any atom is 0.387 e. The molecule has 0 aliphatic heterocycles. The first-order chi connectivity index (χ1) is 9.43. The van der Waals surface area contributed by atoms with Crippen LogP contribution < -0.4 is 9.47 Å². The molecule has 1 aromatic carbocycles. The summed E-state index contributed by atoms with van der Waals surface area (Å²) in [6.45, 7) is 0.826. The van der Waals surface area contributed by atoms with Gasteiger partial charge in [-0.1, -0.05) is 19.9 Å². The number of rotatable bonds is 6. The number of ether oxygens (including phenoxy) is 2. The van der Waals surface area contributed by atoms with Crippen molar-refractivity contribution in [3.63, 3.8) is 0 Å². The zero-order valence-electron chi connectivity index (χ0n) is 11.2. The number of halogens is 2. The summed E-state index contributed by atoms with van der Waals surface area (Å²) in [7, 11) is 0. The minimum atomic E-state index is -2.94. The molecule has 0 heterocycles. The predicted molar refractivity (Wildman–Crippen MR) is 67.6 cm³/mol. The molecule has 108 valence electrons. The van der Waals surface area contributed by atoms with Crippen molar-refractivity contribution in [3.05, 3.63) is 23.8 Å². The van der Waals surface area contributed by atoms with Gasteiger partial charge in [-0.3, -0.25) is 4.79 Å². The van der Waals surface area contributed by atoms with E-state index >= 15 is 0 Å². The van der Waals surface area contributed by atoms with Gasteiger partial charge in [-0.2, -0.15) is 14.0 Å². The fraction of sp³-hybridized carbons (Fsp3) is 0.429. The van der Waals surface area contributed by atoms with Gasteiger partial charge in [-0.15, -0.1) is 0 Å². The number of nitrogens with zero attached hydrogens (tertiary/aromatic N) is 1. The number of esters is 1. The number of nitriles is 1. The van der Waals surface area contributed by atoms with Crippen molar-refractivity contribution in [1.82, 2.24) is 0 Å². The number of alkyl halides is 2. The Labute approximate surface area is 115 Å². The number of hydrogen-bond donors (Lipinski definition) is 0. The Bertz CT molecular complexity index is 510. The minimum Gasteiger partial charge on any atom is -0.435 e. The lowest BCUT2D eigenvalue weighted by Crippen LogP contribution is -2.10. The van der Waals surface area contributed by atoms with E-state index in [9.17, 15) is 13.6 Å². The number of hydrogen-bond acceptors (Lipinski definition) is 4. The topological polar surface area (TPSA) is 59.3 Å². The van der Waals surface area contributed by atoms with Gasteiger partial charge in [-0.05, 0) is 17.5 Å². The third-order valence-corrected chi connectivity index (χ3v) is 2.50. The predicted octanol–water partition coefficient (Wildman–Crippen LogP) is 3.62. The first kappa shape index (κ1) is 15.9. The lowest BCUT2D eigenvalue weighted by molar-refractivity contribution is -0.134. The van der Waals surface area contributed by atoms with Crippen LogP contribution >= 0.6 is 0 Å². The largest absolute Gasteiger partial charge is 0.435 e. The summed E-state index contributed by atoms with van der Waals surface area (Å²) in [6.07, 6.45) is -0.00294. The van der Waals surface area contributed by atoms with Crippen molar-refractivity contribution in [1.29, 1.82) is 5.26 Å². The van der Waals surface area contributed by atoms with E-state index in [1.54, 1.807) is 6.07 Å². The van der Waals surface area contributed by atoms with E-state index in [0.717, 1.165) is 0 Å². The van der Waals surface area contributed by atoms with Crippen molar-refractivity contribution in [2.24, 2.45) is 0 Å². The molecule has 1 rings (SSSR count). The standard InChI is InChI=1S/C14H15F2NO3/c1-9(2)11-6-5-10(19-14(15)16)8-12(11)20-13(18)4-3-7-17/h5-6,8-9,14H,3-4H2,1-2H3. The molecule has 0 unspecified atom stereocenters. The highest BCUT2D eigenvalue weighted by molar-refractivity contribution is 5.73. The van der Waals surface area contributed by atoms with E-state index < -0.39 is 12.6 Å². The van der Waals surface area contributed by atoms with Crippen LogP contribution in [0.15, 0.2) is 18.2 Å². The normalized spacial score (nSPS) is 10.4. The van der Waals surface area contributed by atoms with Crippen LogP contribution in [0.1, 0.15) is 38.2 Å². The Balaban J connectivity index is 2.94. The summed E-state index contributed by atoms with van der Waals surface area (Å²) in [6, 6.07) is 6.07. The van der Waals surface area contributed by atoms with Crippen molar-refractivity contribution >= 4 is 5.97 Å². The molecule has 6 heteroatoms. The van der Waals surface area contributed by atoms with Crippen LogP contribution in [0.5, 0.6) is 11.5 Å². The zero-order valence-corrected chi connectivity index (χ0v) is 11.2. The van der Waals surface area contributed by atoms with Crippen LogP contribution in [0.3, 0.4) is 0 Å². The molecule has 4 nitrogen and oxygen atoms in total. The molecule has 0 spiro atoms. The third kappa shape index (κ3) is 4.84. The summed E-state index contributed by atoms with van der Waals surface area (Å²) in [5, 5.41) is 8.41. The second-order valence-electron chi connectivity index (χ2n) is 4.37. The van der Waals surface area contributed by atoms with Gasteiger partial charge in [0.2, 0.25) is 0 Å². The smallest absolute Gasteiger partial charge is 0.387 e. The zero-order chi connectivity index (χ0) is 15.1. The molecule has 0 amide bonds. The summed E-state index contributed by atoms with van der Waals surface area (Å²) in [5.41, 5.74) is 0.705. The molecule has 0 radical (unpaired) electrons. The molecule has 0 fully saturated rings. The van der Waals surface area contributed by atoms with Crippen LogP contribution in [-0.2, 0) is 4.79 Å². The average Bonchev–Trinajstić information content (AvgIpc) is 2.35. The molecule has 20 heavy (non-hydrogen) atoms. The Morgan fingerprint density at radius 1 is 1.40 bits per heavy atom. The monoisotopic (exact) mass is 283 g/mol. The lowest BCUT2D eigenvalue weighted by Gasteiger charge is -2.14. The first-order valence-corrected chi connectivity index (χ1v) is 6.10. The maximum atomic E-state index is 12.2. The molecule has 0 aromatic heterocycles. The van der Waals surface area contributed by atoms with Gasteiger partial charge in [0.1, 0.15) is 11.5 Å². The average molecular weight is 283 g/mol. The molecular weight excluding hydrogens is 268 g/mol. The van der Waals surface area contributed by atoms with Crippen LogP contribution in [-0.4, -0.2) is 12.6 Å². The van der Waals surface area contributed by atoms with Gasteiger partial charge in [0.05, 0.1) is 12.5 Å². The van der Waals surface area contributed by atoms with Gasteiger partial charge >= 0.3 is 12.6 Å². The highest BCUT2D eigenvalue weighted by Crippen LogP contribution is 2.31. The van der Waals surface area contributed by atoms with Crippen LogP contribution in [0, 0.1) is 11.3 Å². The van der Waals surface area contributed by atoms with Crippen molar-refractivity contribution in [2.45, 2.75) is 39.2 Å². The van der Waals surface area contributed by atoms with Crippen LogP contribution in [0.25, 0.3) is 0 Å². The summed E-state index contributed by atoms with van der Waals surface area (Å²) in [5.74, 6) is -0.425. The second kappa shape index (κ2) is 7.43. The Hall–Kier alpha value is -2.16.